The maximum absolute atomic E-state index is 13.2. The van der Waals surface area contributed by atoms with Crippen molar-refractivity contribution in [2.45, 2.75) is 26.4 Å². The van der Waals surface area contributed by atoms with Crippen LogP contribution in [-0.4, -0.2) is 13.6 Å². The smallest absolute Gasteiger partial charge is 0.125 e. The summed E-state index contributed by atoms with van der Waals surface area (Å²) in [7, 11) is 1.92. The first-order valence-corrected chi connectivity index (χ1v) is 6.92. The molecule has 1 N–H and O–H groups in total. The van der Waals surface area contributed by atoms with Crippen LogP contribution in [0, 0.1) is 5.82 Å². The molecule has 0 saturated heterocycles. The molecule has 4 heteroatoms. The maximum Gasteiger partial charge on any atom is 0.125 e. The fourth-order valence-corrected chi connectivity index (χ4v) is 2.05. The largest absolute Gasteiger partial charge is 0.467 e. The second kappa shape index (κ2) is 7.10. The molecule has 0 aliphatic carbocycles. The van der Waals surface area contributed by atoms with E-state index in [9.17, 15) is 4.39 Å². The van der Waals surface area contributed by atoms with Gasteiger partial charge in [0.25, 0.3) is 0 Å². The average molecular weight is 276 g/mol. The fraction of sp³-hybridized carbons (Fsp3) is 0.375. The third kappa shape index (κ3) is 4.10. The number of hydrogen-bond donors (Lipinski definition) is 1. The zero-order valence-corrected chi connectivity index (χ0v) is 12.0. The molecule has 20 heavy (non-hydrogen) atoms. The Hall–Kier alpha value is -1.81. The van der Waals surface area contributed by atoms with Crippen molar-refractivity contribution in [2.24, 2.45) is 0 Å². The number of nitrogens with one attached hydrogen (secondary N) is 1. The summed E-state index contributed by atoms with van der Waals surface area (Å²) in [4.78, 5) is 1.96. The van der Waals surface area contributed by atoms with E-state index in [0.717, 1.165) is 36.5 Å². The normalized spacial score (nSPS) is 10.8. The Kier molecular flexibility index (Phi) is 5.18. The van der Waals surface area contributed by atoms with Gasteiger partial charge in [-0.15, -0.1) is 0 Å². The molecule has 0 aliphatic heterocycles. The number of anilines is 1. The van der Waals surface area contributed by atoms with Gasteiger partial charge in [-0.3, -0.25) is 0 Å². The van der Waals surface area contributed by atoms with E-state index in [2.05, 4.69) is 12.2 Å². The fourth-order valence-electron chi connectivity index (χ4n) is 2.05. The molecule has 0 unspecified atom stereocenters. The van der Waals surface area contributed by atoms with Crippen LogP contribution in [0.25, 0.3) is 0 Å². The molecule has 0 atom stereocenters. The summed E-state index contributed by atoms with van der Waals surface area (Å²) in [5.41, 5.74) is 1.98. The number of halogens is 1. The van der Waals surface area contributed by atoms with Crippen LogP contribution < -0.4 is 10.2 Å². The summed E-state index contributed by atoms with van der Waals surface area (Å²) < 4.78 is 18.7. The minimum absolute atomic E-state index is 0.224. The number of rotatable bonds is 7. The Morgan fingerprint density at radius 1 is 1.30 bits per heavy atom. The first-order valence-electron chi connectivity index (χ1n) is 6.92. The van der Waals surface area contributed by atoms with E-state index in [1.54, 1.807) is 12.3 Å². The van der Waals surface area contributed by atoms with Crippen LogP contribution in [0.4, 0.5) is 10.1 Å². The van der Waals surface area contributed by atoms with E-state index in [1.165, 1.54) is 12.1 Å². The maximum atomic E-state index is 13.2. The molecule has 1 heterocycles. The molecule has 0 aliphatic rings. The molecule has 2 aromatic rings. The van der Waals surface area contributed by atoms with E-state index in [0.29, 0.717) is 6.54 Å². The van der Waals surface area contributed by atoms with E-state index in [1.807, 2.05) is 24.1 Å². The lowest BCUT2D eigenvalue weighted by Gasteiger charge is -2.17. The van der Waals surface area contributed by atoms with E-state index in [4.69, 9.17) is 4.42 Å². The zero-order chi connectivity index (χ0) is 14.4. The summed E-state index contributed by atoms with van der Waals surface area (Å²) in [6.45, 7) is 4.59. The monoisotopic (exact) mass is 276 g/mol. The van der Waals surface area contributed by atoms with Gasteiger partial charge in [0.1, 0.15) is 11.6 Å². The van der Waals surface area contributed by atoms with Crippen LogP contribution in [0.15, 0.2) is 41.0 Å². The number of furan rings is 1. The van der Waals surface area contributed by atoms with Gasteiger partial charge in [0, 0.05) is 24.8 Å². The molecule has 0 bridgehead atoms. The second-order valence-corrected chi connectivity index (χ2v) is 4.93. The Bertz CT molecular complexity index is 539. The van der Waals surface area contributed by atoms with Gasteiger partial charge in [0.15, 0.2) is 0 Å². The van der Waals surface area contributed by atoms with Crippen molar-refractivity contribution in [3.05, 3.63) is 53.7 Å². The van der Waals surface area contributed by atoms with E-state index >= 15 is 0 Å². The Morgan fingerprint density at radius 2 is 2.15 bits per heavy atom. The van der Waals surface area contributed by atoms with Gasteiger partial charge < -0.3 is 14.6 Å². The van der Waals surface area contributed by atoms with Crippen molar-refractivity contribution in [1.82, 2.24) is 5.32 Å². The van der Waals surface area contributed by atoms with Crippen molar-refractivity contribution in [1.29, 1.82) is 0 Å². The Labute approximate surface area is 119 Å². The Morgan fingerprint density at radius 3 is 2.90 bits per heavy atom. The quantitative estimate of drug-likeness (QED) is 0.784. The van der Waals surface area contributed by atoms with Crippen molar-refractivity contribution in [2.75, 3.05) is 18.5 Å². The van der Waals surface area contributed by atoms with E-state index in [-0.39, 0.29) is 5.82 Å². The first-order chi connectivity index (χ1) is 9.69. The highest BCUT2D eigenvalue weighted by atomic mass is 19.1. The minimum Gasteiger partial charge on any atom is -0.467 e. The van der Waals surface area contributed by atoms with Crippen molar-refractivity contribution >= 4 is 5.69 Å². The third-order valence-electron chi connectivity index (χ3n) is 3.11. The summed E-state index contributed by atoms with van der Waals surface area (Å²) in [6.07, 6.45) is 2.89. The predicted octanol–water partition coefficient (Wildman–Crippen LogP) is 3.55. The van der Waals surface area contributed by atoms with Crippen molar-refractivity contribution in [3.63, 3.8) is 0 Å². The summed E-state index contributed by atoms with van der Waals surface area (Å²) in [6, 6.07) is 8.60. The highest BCUT2D eigenvalue weighted by Crippen LogP contribution is 2.17. The molecule has 0 spiro atoms. The molecular weight excluding hydrogens is 255 g/mol. The van der Waals surface area contributed by atoms with E-state index < -0.39 is 0 Å². The van der Waals surface area contributed by atoms with Gasteiger partial charge in [-0.25, -0.2) is 4.39 Å². The summed E-state index contributed by atoms with van der Waals surface area (Å²) in [5, 5.41) is 3.33. The molecule has 0 amide bonds. The minimum atomic E-state index is -0.224. The Balaban J connectivity index is 1.92. The number of benzene rings is 1. The standard InChI is InChI=1S/C16H21FN2O/c1-3-7-18-10-13-8-16(20-12-13)11-19(2)15-6-4-5-14(17)9-15/h4-6,8-9,12,18H,3,7,10-11H2,1-2H3. The van der Waals surface area contributed by atoms with Gasteiger partial charge in [-0.2, -0.15) is 0 Å². The van der Waals surface area contributed by atoms with Gasteiger partial charge in [-0.05, 0) is 37.2 Å². The van der Waals surface area contributed by atoms with Gasteiger partial charge in [-0.1, -0.05) is 13.0 Å². The molecule has 0 fully saturated rings. The molecule has 2 rings (SSSR count). The van der Waals surface area contributed by atoms with Crippen LogP contribution in [-0.2, 0) is 13.1 Å². The summed E-state index contributed by atoms with van der Waals surface area (Å²) >= 11 is 0. The molecule has 0 radical (unpaired) electrons. The first kappa shape index (κ1) is 14.6. The predicted molar refractivity (Wildman–Crippen MR) is 79.2 cm³/mol. The van der Waals surface area contributed by atoms with Crippen molar-refractivity contribution < 1.29 is 8.81 Å². The van der Waals surface area contributed by atoms with Crippen LogP contribution >= 0.6 is 0 Å². The van der Waals surface area contributed by atoms with Crippen LogP contribution in [0.5, 0.6) is 0 Å². The lowest BCUT2D eigenvalue weighted by molar-refractivity contribution is 0.504. The van der Waals surface area contributed by atoms with Crippen molar-refractivity contribution in [3.8, 4) is 0 Å². The highest BCUT2D eigenvalue weighted by Gasteiger charge is 2.07. The highest BCUT2D eigenvalue weighted by molar-refractivity contribution is 5.45. The zero-order valence-electron chi connectivity index (χ0n) is 12.0. The molecule has 3 nitrogen and oxygen atoms in total. The second-order valence-electron chi connectivity index (χ2n) is 4.93. The van der Waals surface area contributed by atoms with Gasteiger partial charge in [0.2, 0.25) is 0 Å². The lowest BCUT2D eigenvalue weighted by atomic mass is 10.2. The molecular formula is C16H21FN2O. The molecule has 1 aromatic carbocycles. The summed E-state index contributed by atoms with van der Waals surface area (Å²) in [5.74, 6) is 0.656. The number of hydrogen-bond acceptors (Lipinski definition) is 3. The molecule has 1 aromatic heterocycles. The van der Waals surface area contributed by atoms with Crippen LogP contribution in [0.1, 0.15) is 24.7 Å². The molecule has 0 saturated carbocycles. The number of nitrogens with zero attached hydrogens (tertiary/aromatic N) is 1. The third-order valence-corrected chi connectivity index (χ3v) is 3.11. The topological polar surface area (TPSA) is 28.4 Å². The average Bonchev–Trinajstić information content (AvgIpc) is 2.86. The van der Waals surface area contributed by atoms with Crippen LogP contribution in [0.3, 0.4) is 0 Å². The SMILES string of the molecule is CCCNCc1coc(CN(C)c2cccc(F)c2)c1. The van der Waals surface area contributed by atoms with Gasteiger partial charge >= 0.3 is 0 Å². The van der Waals surface area contributed by atoms with Crippen LogP contribution in [0.2, 0.25) is 0 Å². The molecule has 108 valence electrons. The lowest BCUT2D eigenvalue weighted by Crippen LogP contribution is -2.16. The van der Waals surface area contributed by atoms with Gasteiger partial charge in [0.05, 0.1) is 12.8 Å².